The Kier molecular flexibility index (Phi) is 6.27. The van der Waals surface area contributed by atoms with Crippen molar-refractivity contribution >= 4 is 29.7 Å². The summed E-state index contributed by atoms with van der Waals surface area (Å²) < 4.78 is 4.82. The van der Waals surface area contributed by atoms with Gasteiger partial charge in [-0.15, -0.1) is 0 Å². The van der Waals surface area contributed by atoms with Crippen LogP contribution in [0.4, 0.5) is 4.79 Å². The number of hydrogen-bond acceptors (Lipinski definition) is 6. The van der Waals surface area contributed by atoms with Crippen LogP contribution in [0.15, 0.2) is 24.3 Å². The van der Waals surface area contributed by atoms with Crippen LogP contribution >= 0.6 is 0 Å². The summed E-state index contributed by atoms with van der Waals surface area (Å²) >= 11 is 0. The van der Waals surface area contributed by atoms with E-state index in [1.165, 1.54) is 19.1 Å². The Morgan fingerprint density at radius 1 is 1.04 bits per heavy atom. The predicted molar refractivity (Wildman–Crippen MR) is 93.7 cm³/mol. The van der Waals surface area contributed by atoms with E-state index in [1.54, 1.807) is 12.1 Å². The van der Waals surface area contributed by atoms with Crippen molar-refractivity contribution in [3.8, 4) is 0 Å². The Morgan fingerprint density at radius 3 is 2.11 bits per heavy atom. The number of ether oxygens (including phenoxy) is 1. The van der Waals surface area contributed by atoms with E-state index in [-0.39, 0.29) is 17.0 Å². The number of imide groups is 2. The maximum absolute atomic E-state index is 12.3. The number of nitrogens with one attached hydrogen (secondary N) is 2. The molecule has 0 aliphatic carbocycles. The van der Waals surface area contributed by atoms with Crippen LogP contribution in [0.1, 0.15) is 41.5 Å². The number of esters is 1. The van der Waals surface area contributed by atoms with Gasteiger partial charge < -0.3 is 10.1 Å². The van der Waals surface area contributed by atoms with Crippen molar-refractivity contribution in [2.24, 2.45) is 5.92 Å². The number of carbonyl (C=O) groups excluding carboxylic acids is 5. The number of hydrogen-bond donors (Lipinski definition) is 2. The number of benzene rings is 1. The zero-order chi connectivity index (χ0) is 20.1. The molecule has 9 heteroatoms. The summed E-state index contributed by atoms with van der Waals surface area (Å²) in [6, 6.07) is 4.32. The zero-order valence-electron chi connectivity index (χ0n) is 15.3. The third-order valence-corrected chi connectivity index (χ3v) is 3.82. The molecule has 0 saturated carbocycles. The van der Waals surface area contributed by atoms with Crippen LogP contribution in [-0.2, 0) is 14.3 Å². The summed E-state index contributed by atoms with van der Waals surface area (Å²) in [6.07, 6.45) is 0. The van der Waals surface area contributed by atoms with Crippen molar-refractivity contribution in [2.75, 3.05) is 13.2 Å². The number of amides is 5. The average Bonchev–Trinajstić information content (AvgIpc) is 2.88. The van der Waals surface area contributed by atoms with E-state index < -0.39 is 42.4 Å². The first-order chi connectivity index (χ1) is 12.7. The SMILES string of the molecule is CC(C)CNC(=O)NC(=O)COC(=O)[C@@H](C)N1C(=O)c2ccccc2C1=O. The molecule has 0 aromatic heterocycles. The number of nitrogens with zero attached hydrogens (tertiary/aromatic N) is 1. The van der Waals surface area contributed by atoms with E-state index in [1.807, 2.05) is 19.2 Å². The first kappa shape index (κ1) is 20.1. The van der Waals surface area contributed by atoms with Gasteiger partial charge in [0.05, 0.1) is 11.1 Å². The molecule has 2 N–H and O–H groups in total. The molecule has 1 aromatic carbocycles. The van der Waals surface area contributed by atoms with Gasteiger partial charge in [0.1, 0.15) is 6.04 Å². The summed E-state index contributed by atoms with van der Waals surface area (Å²) in [6.45, 7) is 4.80. The zero-order valence-corrected chi connectivity index (χ0v) is 15.3. The van der Waals surface area contributed by atoms with Crippen molar-refractivity contribution in [3.05, 3.63) is 35.4 Å². The predicted octanol–water partition coefficient (Wildman–Crippen LogP) is 0.696. The van der Waals surface area contributed by atoms with Gasteiger partial charge in [0.2, 0.25) is 0 Å². The minimum atomic E-state index is -1.21. The van der Waals surface area contributed by atoms with Crippen LogP contribution in [0.3, 0.4) is 0 Å². The molecule has 0 fully saturated rings. The van der Waals surface area contributed by atoms with E-state index in [0.717, 1.165) is 4.90 Å². The van der Waals surface area contributed by atoms with Crippen LogP contribution in [0, 0.1) is 5.92 Å². The third kappa shape index (κ3) is 4.69. The van der Waals surface area contributed by atoms with Gasteiger partial charge in [-0.3, -0.25) is 24.6 Å². The maximum atomic E-state index is 12.3. The fourth-order valence-corrected chi connectivity index (χ4v) is 2.43. The molecule has 0 saturated heterocycles. The summed E-state index contributed by atoms with van der Waals surface area (Å²) in [5, 5.41) is 4.50. The van der Waals surface area contributed by atoms with Crippen LogP contribution < -0.4 is 10.6 Å². The average molecular weight is 375 g/mol. The van der Waals surface area contributed by atoms with Crippen LogP contribution in [-0.4, -0.2) is 53.8 Å². The van der Waals surface area contributed by atoms with Gasteiger partial charge in [0, 0.05) is 6.54 Å². The van der Waals surface area contributed by atoms with Crippen LogP contribution in [0.25, 0.3) is 0 Å². The minimum Gasteiger partial charge on any atom is -0.454 e. The Bertz CT molecular complexity index is 754. The summed E-state index contributed by atoms with van der Waals surface area (Å²) in [7, 11) is 0. The molecule has 1 heterocycles. The molecule has 0 unspecified atom stereocenters. The first-order valence-corrected chi connectivity index (χ1v) is 8.43. The highest BCUT2D eigenvalue weighted by Gasteiger charge is 2.41. The lowest BCUT2D eigenvalue weighted by Gasteiger charge is -2.20. The summed E-state index contributed by atoms with van der Waals surface area (Å²) in [5.41, 5.74) is 0.420. The lowest BCUT2D eigenvalue weighted by Crippen LogP contribution is -2.46. The smallest absolute Gasteiger partial charge is 0.329 e. The van der Waals surface area contributed by atoms with Gasteiger partial charge >= 0.3 is 12.0 Å². The number of urea groups is 1. The molecule has 144 valence electrons. The van der Waals surface area contributed by atoms with Crippen molar-refractivity contribution in [1.82, 2.24) is 15.5 Å². The van der Waals surface area contributed by atoms with Crippen LogP contribution in [0.5, 0.6) is 0 Å². The molecule has 0 spiro atoms. The molecule has 1 atom stereocenters. The largest absolute Gasteiger partial charge is 0.454 e. The molecule has 9 nitrogen and oxygen atoms in total. The normalized spacial score (nSPS) is 14.0. The summed E-state index contributed by atoms with van der Waals surface area (Å²) in [5.74, 6) is -2.74. The fraction of sp³-hybridized carbons (Fsp3) is 0.389. The molecule has 1 aliphatic heterocycles. The second-order valence-corrected chi connectivity index (χ2v) is 6.46. The molecule has 2 rings (SSSR count). The Morgan fingerprint density at radius 2 is 1.59 bits per heavy atom. The van der Waals surface area contributed by atoms with Crippen molar-refractivity contribution in [2.45, 2.75) is 26.8 Å². The van der Waals surface area contributed by atoms with E-state index in [2.05, 4.69) is 5.32 Å². The third-order valence-electron chi connectivity index (χ3n) is 3.82. The molecular weight excluding hydrogens is 354 g/mol. The molecule has 0 bridgehead atoms. The topological polar surface area (TPSA) is 122 Å². The van der Waals surface area contributed by atoms with Gasteiger partial charge in [0.25, 0.3) is 17.7 Å². The number of carbonyl (C=O) groups is 5. The second-order valence-electron chi connectivity index (χ2n) is 6.46. The van der Waals surface area contributed by atoms with Crippen molar-refractivity contribution in [1.29, 1.82) is 0 Å². The van der Waals surface area contributed by atoms with Gasteiger partial charge in [0.15, 0.2) is 6.61 Å². The number of fused-ring (bicyclic) bond motifs is 1. The Hall–Kier alpha value is -3.23. The first-order valence-electron chi connectivity index (χ1n) is 8.43. The minimum absolute atomic E-state index is 0.210. The van der Waals surface area contributed by atoms with Crippen molar-refractivity contribution in [3.63, 3.8) is 0 Å². The highest BCUT2D eigenvalue weighted by atomic mass is 16.5. The van der Waals surface area contributed by atoms with E-state index in [4.69, 9.17) is 4.74 Å². The summed E-state index contributed by atoms with van der Waals surface area (Å²) in [4.78, 5) is 60.7. The molecule has 1 aromatic rings. The van der Waals surface area contributed by atoms with Gasteiger partial charge in [-0.1, -0.05) is 26.0 Å². The van der Waals surface area contributed by atoms with Gasteiger partial charge in [-0.05, 0) is 25.0 Å². The highest BCUT2D eigenvalue weighted by molar-refractivity contribution is 6.22. The lowest BCUT2D eigenvalue weighted by molar-refractivity contribution is -0.151. The van der Waals surface area contributed by atoms with Crippen molar-refractivity contribution < 1.29 is 28.7 Å². The Labute approximate surface area is 156 Å². The van der Waals surface area contributed by atoms with Gasteiger partial charge in [-0.2, -0.15) is 0 Å². The Balaban J connectivity index is 1.88. The molecule has 1 aliphatic rings. The van der Waals surface area contributed by atoms with Crippen LogP contribution in [0.2, 0.25) is 0 Å². The van der Waals surface area contributed by atoms with E-state index in [0.29, 0.717) is 6.54 Å². The van der Waals surface area contributed by atoms with Gasteiger partial charge in [-0.25, -0.2) is 9.59 Å². The standard InChI is InChI=1S/C18H21N3O6/c1-10(2)8-19-18(26)20-14(22)9-27-17(25)11(3)21-15(23)12-6-4-5-7-13(12)16(21)24/h4-7,10-11H,8-9H2,1-3H3,(H2,19,20,22,26)/t11-/m1/s1. The second kappa shape index (κ2) is 8.43. The highest BCUT2D eigenvalue weighted by Crippen LogP contribution is 2.24. The number of rotatable bonds is 6. The monoisotopic (exact) mass is 375 g/mol. The maximum Gasteiger partial charge on any atom is 0.329 e. The fourth-order valence-electron chi connectivity index (χ4n) is 2.43. The van der Waals surface area contributed by atoms with E-state index in [9.17, 15) is 24.0 Å². The van der Waals surface area contributed by atoms with E-state index >= 15 is 0 Å². The quantitative estimate of drug-likeness (QED) is 0.557. The molecule has 5 amide bonds. The lowest BCUT2D eigenvalue weighted by atomic mass is 10.1. The molecular formula is C18H21N3O6. The molecule has 0 radical (unpaired) electrons. The molecule has 27 heavy (non-hydrogen) atoms.